The molecule has 3 N–H and O–H groups in total. The molecule has 1 unspecified atom stereocenters. The van der Waals surface area contributed by atoms with Crippen molar-refractivity contribution < 1.29 is 9.13 Å². The van der Waals surface area contributed by atoms with E-state index in [-0.39, 0.29) is 11.9 Å². The Kier molecular flexibility index (Phi) is 6.62. The van der Waals surface area contributed by atoms with Crippen LogP contribution < -0.4 is 15.4 Å². The molecule has 0 aliphatic heterocycles. The van der Waals surface area contributed by atoms with Gasteiger partial charge >= 0.3 is 0 Å². The van der Waals surface area contributed by atoms with Gasteiger partial charge in [-0.25, -0.2) is 9.37 Å². The van der Waals surface area contributed by atoms with Crippen LogP contribution in [0.15, 0.2) is 65.8 Å². The summed E-state index contributed by atoms with van der Waals surface area (Å²) in [4.78, 5) is 11.9. The van der Waals surface area contributed by atoms with Crippen LogP contribution in [0.4, 0.5) is 4.39 Å². The van der Waals surface area contributed by atoms with Crippen molar-refractivity contribution in [2.75, 3.05) is 13.6 Å². The molecular weight excluding hydrogens is 357 g/mol. The lowest BCUT2D eigenvalue weighted by Crippen LogP contribution is -2.41. The van der Waals surface area contributed by atoms with Crippen LogP contribution in [-0.2, 0) is 6.54 Å². The van der Waals surface area contributed by atoms with Crippen LogP contribution in [0.3, 0.4) is 0 Å². The number of nitrogens with zero attached hydrogens (tertiary/aromatic N) is 2. The molecule has 0 aliphatic rings. The SMILES string of the molecule is CN=C(NCc1ncc(-c2ccccc2)[nH]1)NCC(C)Oc1ccc(F)cc1. The van der Waals surface area contributed by atoms with Crippen molar-refractivity contribution in [2.24, 2.45) is 4.99 Å². The molecule has 3 aromatic rings. The summed E-state index contributed by atoms with van der Waals surface area (Å²) in [5.74, 6) is 1.81. The Morgan fingerprint density at radius 2 is 1.89 bits per heavy atom. The highest BCUT2D eigenvalue weighted by molar-refractivity contribution is 5.79. The third-order valence-corrected chi connectivity index (χ3v) is 4.07. The second-order valence-electron chi connectivity index (χ2n) is 6.30. The van der Waals surface area contributed by atoms with Crippen LogP contribution in [0.2, 0.25) is 0 Å². The summed E-state index contributed by atoms with van der Waals surface area (Å²) in [6.07, 6.45) is 1.71. The van der Waals surface area contributed by atoms with Gasteiger partial charge in [-0.2, -0.15) is 0 Å². The highest BCUT2D eigenvalue weighted by Gasteiger charge is 2.07. The van der Waals surface area contributed by atoms with Crippen LogP contribution in [-0.4, -0.2) is 35.6 Å². The molecule has 146 valence electrons. The summed E-state index contributed by atoms with van der Waals surface area (Å²) in [5.41, 5.74) is 2.07. The van der Waals surface area contributed by atoms with Gasteiger partial charge in [0.25, 0.3) is 0 Å². The standard InChI is InChI=1S/C21H24FN5O/c1-15(28-18-10-8-17(22)9-11-18)12-25-21(23-2)26-14-20-24-13-19(27-20)16-6-4-3-5-7-16/h3-11,13,15H,12,14H2,1-2H3,(H,24,27)(H2,23,25,26). The number of H-pyrrole nitrogens is 1. The molecule has 0 saturated heterocycles. The number of hydrogen-bond acceptors (Lipinski definition) is 3. The fourth-order valence-corrected chi connectivity index (χ4v) is 2.63. The lowest BCUT2D eigenvalue weighted by molar-refractivity contribution is 0.223. The Hall–Kier alpha value is -3.35. The molecule has 0 spiro atoms. The molecule has 28 heavy (non-hydrogen) atoms. The number of rotatable bonds is 7. The molecule has 0 amide bonds. The van der Waals surface area contributed by atoms with Crippen LogP contribution in [0, 0.1) is 5.82 Å². The lowest BCUT2D eigenvalue weighted by atomic mass is 10.2. The highest BCUT2D eigenvalue weighted by atomic mass is 19.1. The number of hydrogen-bond donors (Lipinski definition) is 3. The summed E-state index contributed by atoms with van der Waals surface area (Å²) >= 11 is 0. The van der Waals surface area contributed by atoms with Gasteiger partial charge in [0.1, 0.15) is 23.5 Å². The molecule has 1 heterocycles. The van der Waals surface area contributed by atoms with E-state index in [2.05, 4.69) is 25.6 Å². The van der Waals surface area contributed by atoms with Gasteiger partial charge < -0.3 is 20.4 Å². The van der Waals surface area contributed by atoms with E-state index in [1.54, 1.807) is 19.2 Å². The normalized spacial score (nSPS) is 12.5. The number of halogens is 1. The molecule has 0 radical (unpaired) electrons. The van der Waals surface area contributed by atoms with E-state index in [0.29, 0.717) is 24.8 Å². The zero-order valence-corrected chi connectivity index (χ0v) is 15.9. The summed E-state index contributed by atoms with van der Waals surface area (Å²) in [5, 5.41) is 6.42. The number of aromatic nitrogens is 2. The average Bonchev–Trinajstić information content (AvgIpc) is 3.20. The number of aliphatic imine (C=N–C) groups is 1. The Morgan fingerprint density at radius 1 is 1.14 bits per heavy atom. The molecule has 1 atom stereocenters. The molecule has 0 bridgehead atoms. The van der Waals surface area contributed by atoms with Gasteiger partial charge in [0, 0.05) is 7.05 Å². The zero-order valence-electron chi connectivity index (χ0n) is 15.9. The molecule has 1 aromatic heterocycles. The van der Waals surface area contributed by atoms with Crippen molar-refractivity contribution in [1.29, 1.82) is 0 Å². The van der Waals surface area contributed by atoms with E-state index >= 15 is 0 Å². The first kappa shape index (κ1) is 19.4. The van der Waals surface area contributed by atoms with Crippen molar-refractivity contribution in [2.45, 2.75) is 19.6 Å². The number of guanidine groups is 1. The van der Waals surface area contributed by atoms with Gasteiger partial charge in [-0.3, -0.25) is 4.99 Å². The van der Waals surface area contributed by atoms with E-state index in [1.807, 2.05) is 43.5 Å². The van der Waals surface area contributed by atoms with Crippen LogP contribution >= 0.6 is 0 Å². The maximum Gasteiger partial charge on any atom is 0.191 e. The highest BCUT2D eigenvalue weighted by Crippen LogP contribution is 2.16. The van der Waals surface area contributed by atoms with E-state index in [1.165, 1.54) is 12.1 Å². The predicted octanol–water partition coefficient (Wildman–Crippen LogP) is 3.35. The van der Waals surface area contributed by atoms with Crippen molar-refractivity contribution >= 4 is 5.96 Å². The Balaban J connectivity index is 1.46. The fourth-order valence-electron chi connectivity index (χ4n) is 2.63. The largest absolute Gasteiger partial charge is 0.489 e. The van der Waals surface area contributed by atoms with E-state index in [4.69, 9.17) is 4.74 Å². The number of nitrogens with one attached hydrogen (secondary N) is 3. The summed E-state index contributed by atoms with van der Waals surface area (Å²) in [7, 11) is 1.71. The van der Waals surface area contributed by atoms with Gasteiger partial charge in [0.15, 0.2) is 5.96 Å². The molecule has 0 aliphatic carbocycles. The second-order valence-corrected chi connectivity index (χ2v) is 6.30. The van der Waals surface area contributed by atoms with Gasteiger partial charge in [-0.05, 0) is 36.8 Å². The first-order valence-electron chi connectivity index (χ1n) is 9.10. The smallest absolute Gasteiger partial charge is 0.191 e. The fraction of sp³-hybridized carbons (Fsp3) is 0.238. The minimum absolute atomic E-state index is 0.114. The van der Waals surface area contributed by atoms with Gasteiger partial charge in [0.2, 0.25) is 0 Å². The van der Waals surface area contributed by atoms with Crippen LogP contribution in [0.5, 0.6) is 5.75 Å². The Labute approximate surface area is 163 Å². The number of benzene rings is 2. The van der Waals surface area contributed by atoms with Crippen molar-refractivity contribution in [1.82, 2.24) is 20.6 Å². The van der Waals surface area contributed by atoms with E-state index in [9.17, 15) is 4.39 Å². The zero-order chi connectivity index (χ0) is 19.8. The van der Waals surface area contributed by atoms with E-state index in [0.717, 1.165) is 17.1 Å². The number of ether oxygens (including phenoxy) is 1. The topological polar surface area (TPSA) is 74.3 Å². The van der Waals surface area contributed by atoms with Crippen molar-refractivity contribution in [3.63, 3.8) is 0 Å². The predicted molar refractivity (Wildman–Crippen MR) is 109 cm³/mol. The Bertz CT molecular complexity index is 893. The lowest BCUT2D eigenvalue weighted by Gasteiger charge is -2.17. The second kappa shape index (κ2) is 9.55. The molecular formula is C21H24FN5O. The minimum atomic E-state index is -0.281. The molecule has 6 nitrogen and oxygen atoms in total. The Morgan fingerprint density at radius 3 is 2.61 bits per heavy atom. The maximum absolute atomic E-state index is 12.9. The molecule has 0 fully saturated rings. The third kappa shape index (κ3) is 5.57. The third-order valence-electron chi connectivity index (χ3n) is 4.07. The number of aromatic amines is 1. The van der Waals surface area contributed by atoms with Crippen LogP contribution in [0.1, 0.15) is 12.7 Å². The molecule has 3 rings (SSSR count). The first-order chi connectivity index (χ1) is 13.6. The van der Waals surface area contributed by atoms with E-state index < -0.39 is 0 Å². The summed E-state index contributed by atoms with van der Waals surface area (Å²) in [6, 6.07) is 16.0. The minimum Gasteiger partial charge on any atom is -0.489 e. The quantitative estimate of drug-likeness (QED) is 0.433. The monoisotopic (exact) mass is 381 g/mol. The van der Waals surface area contributed by atoms with Gasteiger partial charge in [0.05, 0.1) is 25.0 Å². The summed E-state index contributed by atoms with van der Waals surface area (Å²) in [6.45, 7) is 2.99. The first-order valence-corrected chi connectivity index (χ1v) is 9.10. The number of imidazole rings is 1. The molecule has 2 aromatic carbocycles. The molecule has 0 saturated carbocycles. The summed E-state index contributed by atoms with van der Waals surface area (Å²) < 4.78 is 18.7. The molecule has 7 heteroatoms. The van der Waals surface area contributed by atoms with Crippen molar-refractivity contribution in [3.8, 4) is 17.0 Å². The van der Waals surface area contributed by atoms with Gasteiger partial charge in [-0.1, -0.05) is 30.3 Å². The van der Waals surface area contributed by atoms with Crippen molar-refractivity contribution in [3.05, 3.63) is 72.4 Å². The van der Waals surface area contributed by atoms with Gasteiger partial charge in [-0.15, -0.1) is 0 Å². The van der Waals surface area contributed by atoms with Crippen LogP contribution in [0.25, 0.3) is 11.3 Å². The maximum atomic E-state index is 12.9. The average molecular weight is 381 g/mol.